The van der Waals surface area contributed by atoms with Gasteiger partial charge in [0.1, 0.15) is 12.7 Å². The van der Waals surface area contributed by atoms with Crippen LogP contribution in [0.2, 0.25) is 0 Å². The van der Waals surface area contributed by atoms with Gasteiger partial charge >= 0.3 is 13.8 Å². The van der Waals surface area contributed by atoms with E-state index in [1.54, 1.807) is 0 Å². The van der Waals surface area contributed by atoms with E-state index in [9.17, 15) is 24.2 Å². The molecular formula is C51H100NO8P. The maximum absolute atomic E-state index is 12.1. The quantitative estimate of drug-likeness (QED) is 0.0238. The lowest BCUT2D eigenvalue weighted by molar-refractivity contribution is -0.147. The van der Waals surface area contributed by atoms with Gasteiger partial charge in [0.25, 0.3) is 0 Å². The first-order chi connectivity index (χ1) is 29.8. The fourth-order valence-corrected chi connectivity index (χ4v) is 8.49. The van der Waals surface area contributed by atoms with Gasteiger partial charge in [-0.25, -0.2) is 4.57 Å². The second-order valence-corrected chi connectivity index (χ2v) is 19.3. The van der Waals surface area contributed by atoms with Crippen LogP contribution in [0.3, 0.4) is 0 Å². The average molecular weight is 886 g/mol. The maximum Gasteiger partial charge on any atom is 0.472 e. The predicted octanol–water partition coefficient (Wildman–Crippen LogP) is 15.3. The second kappa shape index (κ2) is 48.2. The number of aliphatic hydroxyl groups excluding tert-OH is 1. The molecule has 0 aromatic heterocycles. The van der Waals surface area contributed by atoms with Gasteiger partial charge in [-0.05, 0) is 38.5 Å². The Balaban J connectivity index is 3.51. The number of hydrogen-bond acceptors (Lipinski definition) is 7. The molecule has 3 N–H and O–H groups in total. The molecule has 2 atom stereocenters. The highest BCUT2D eigenvalue weighted by atomic mass is 31.2. The number of nitrogens with one attached hydrogen (secondary N) is 1. The molecule has 0 aromatic carbocycles. The zero-order chi connectivity index (χ0) is 44.6. The lowest BCUT2D eigenvalue weighted by Gasteiger charge is -2.15. The highest BCUT2D eigenvalue weighted by molar-refractivity contribution is 7.47. The van der Waals surface area contributed by atoms with Crippen LogP contribution in [0.4, 0.5) is 0 Å². The molecule has 0 fully saturated rings. The monoisotopic (exact) mass is 886 g/mol. The molecule has 2 unspecified atom stereocenters. The summed E-state index contributed by atoms with van der Waals surface area (Å²) in [6.07, 6.45) is 53.0. The van der Waals surface area contributed by atoms with E-state index in [4.69, 9.17) is 13.8 Å². The van der Waals surface area contributed by atoms with E-state index in [0.29, 0.717) is 6.42 Å². The van der Waals surface area contributed by atoms with Crippen LogP contribution in [-0.2, 0) is 27.9 Å². The minimum atomic E-state index is -4.42. The number of hydrogen-bond donors (Lipinski definition) is 3. The van der Waals surface area contributed by atoms with Crippen molar-refractivity contribution in [2.75, 3.05) is 26.4 Å². The van der Waals surface area contributed by atoms with Crippen molar-refractivity contribution in [3.8, 4) is 0 Å². The maximum atomic E-state index is 12.1. The molecule has 1 amide bonds. The fraction of sp³-hybridized carbons (Fsp3) is 0.922. The van der Waals surface area contributed by atoms with Crippen molar-refractivity contribution in [1.29, 1.82) is 0 Å². The number of carbonyl (C=O) groups is 2. The molecule has 0 aliphatic carbocycles. The standard InChI is InChI=1S/C51H100NO8P/c1-3-5-7-9-11-13-15-17-19-21-23-24-25-26-28-30-32-34-36-38-40-42-44-51(55)58-47-49(53)48-60-61(56,57)59-46-45-52-50(54)43-41-39-37-35-33-31-29-27-22-20-18-16-14-12-10-8-6-4-2/h20,22,49,53H,3-19,21,23-48H2,1-2H3,(H,52,54)(H,56,57)/b22-20-. The molecule has 0 aliphatic heterocycles. The Kier molecular flexibility index (Phi) is 47.2. The van der Waals surface area contributed by atoms with Gasteiger partial charge in [-0.1, -0.05) is 231 Å². The van der Waals surface area contributed by atoms with Crippen molar-refractivity contribution in [2.24, 2.45) is 0 Å². The van der Waals surface area contributed by atoms with Gasteiger partial charge in [-0.2, -0.15) is 0 Å². The van der Waals surface area contributed by atoms with E-state index >= 15 is 0 Å². The molecule has 362 valence electrons. The van der Waals surface area contributed by atoms with Gasteiger partial charge < -0.3 is 20.1 Å². The molecule has 61 heavy (non-hydrogen) atoms. The van der Waals surface area contributed by atoms with Crippen LogP contribution < -0.4 is 5.32 Å². The molecule has 0 bridgehead atoms. The first kappa shape index (κ1) is 59.8. The SMILES string of the molecule is CCCCCCCCC/C=C\CCCCCCCCCC(=O)NCCOP(=O)(O)OCC(O)COC(=O)CCCCCCCCCCCCCCCCCCCCCCCC. The van der Waals surface area contributed by atoms with Crippen LogP contribution in [0.15, 0.2) is 12.2 Å². The Morgan fingerprint density at radius 2 is 0.836 bits per heavy atom. The number of unbranched alkanes of at least 4 members (excludes halogenated alkanes) is 35. The lowest BCUT2D eigenvalue weighted by atomic mass is 10.0. The number of carbonyl (C=O) groups excluding carboxylic acids is 2. The van der Waals surface area contributed by atoms with Crippen molar-refractivity contribution >= 4 is 19.7 Å². The first-order valence-electron chi connectivity index (χ1n) is 26.2. The van der Waals surface area contributed by atoms with Gasteiger partial charge in [0.15, 0.2) is 0 Å². The van der Waals surface area contributed by atoms with Crippen molar-refractivity contribution in [3.63, 3.8) is 0 Å². The zero-order valence-electron chi connectivity index (χ0n) is 40.1. The molecular weight excluding hydrogens is 786 g/mol. The number of ether oxygens (including phenoxy) is 1. The van der Waals surface area contributed by atoms with Gasteiger partial charge in [0, 0.05) is 19.4 Å². The summed E-state index contributed by atoms with van der Waals surface area (Å²) >= 11 is 0. The average Bonchev–Trinajstić information content (AvgIpc) is 3.25. The van der Waals surface area contributed by atoms with E-state index in [2.05, 4.69) is 31.3 Å². The summed E-state index contributed by atoms with van der Waals surface area (Å²) in [7, 11) is -4.42. The van der Waals surface area contributed by atoms with Gasteiger partial charge in [-0.3, -0.25) is 18.6 Å². The Labute approximate surface area is 377 Å². The fourth-order valence-electron chi connectivity index (χ4n) is 7.73. The third-order valence-electron chi connectivity index (χ3n) is 11.7. The van der Waals surface area contributed by atoms with Crippen LogP contribution in [0.1, 0.15) is 271 Å². The molecule has 0 radical (unpaired) electrons. The molecule has 0 heterocycles. The summed E-state index contributed by atoms with van der Waals surface area (Å²) in [5.74, 6) is -0.507. The number of rotatable bonds is 50. The highest BCUT2D eigenvalue weighted by Crippen LogP contribution is 2.42. The minimum Gasteiger partial charge on any atom is -0.463 e. The van der Waals surface area contributed by atoms with Crippen molar-refractivity contribution in [2.45, 2.75) is 277 Å². The summed E-state index contributed by atoms with van der Waals surface area (Å²) in [5, 5.41) is 12.8. The largest absolute Gasteiger partial charge is 0.472 e. The number of amides is 1. The van der Waals surface area contributed by atoms with Crippen LogP contribution in [-0.4, -0.2) is 54.3 Å². The second-order valence-electron chi connectivity index (χ2n) is 17.9. The Hall–Kier alpha value is -1.25. The molecule has 0 saturated heterocycles. The molecule has 0 saturated carbocycles. The smallest absolute Gasteiger partial charge is 0.463 e. The van der Waals surface area contributed by atoms with Crippen molar-refractivity contribution in [3.05, 3.63) is 12.2 Å². The highest BCUT2D eigenvalue weighted by Gasteiger charge is 2.23. The third-order valence-corrected chi connectivity index (χ3v) is 12.7. The van der Waals surface area contributed by atoms with Crippen LogP contribution in [0.25, 0.3) is 0 Å². The number of allylic oxidation sites excluding steroid dienone is 2. The molecule has 0 rings (SSSR count). The van der Waals surface area contributed by atoms with Crippen molar-refractivity contribution in [1.82, 2.24) is 5.32 Å². The van der Waals surface area contributed by atoms with E-state index in [1.807, 2.05) is 0 Å². The topological polar surface area (TPSA) is 131 Å². The summed E-state index contributed by atoms with van der Waals surface area (Å²) < 4.78 is 27.0. The van der Waals surface area contributed by atoms with Gasteiger partial charge in [0.2, 0.25) is 5.91 Å². The molecule has 0 aliphatic rings. The lowest BCUT2D eigenvalue weighted by Crippen LogP contribution is -2.27. The number of phosphoric acid groups is 1. The zero-order valence-corrected chi connectivity index (χ0v) is 41.0. The number of esters is 1. The van der Waals surface area contributed by atoms with Crippen molar-refractivity contribution < 1.29 is 37.9 Å². The normalized spacial score (nSPS) is 13.2. The number of phosphoric ester groups is 1. The molecule has 0 spiro atoms. The predicted molar refractivity (Wildman–Crippen MR) is 257 cm³/mol. The first-order valence-corrected chi connectivity index (χ1v) is 27.7. The van der Waals surface area contributed by atoms with E-state index < -0.39 is 26.5 Å². The third kappa shape index (κ3) is 49.6. The summed E-state index contributed by atoms with van der Waals surface area (Å²) in [5.41, 5.74) is 0. The van der Waals surface area contributed by atoms with Gasteiger partial charge in [0.05, 0.1) is 13.2 Å². The summed E-state index contributed by atoms with van der Waals surface area (Å²) in [6, 6.07) is 0. The summed E-state index contributed by atoms with van der Waals surface area (Å²) in [6.45, 7) is 3.61. The van der Waals surface area contributed by atoms with E-state index in [0.717, 1.165) is 38.5 Å². The minimum absolute atomic E-state index is 0.0833. The summed E-state index contributed by atoms with van der Waals surface area (Å²) in [4.78, 5) is 34.1. The molecule has 9 nitrogen and oxygen atoms in total. The van der Waals surface area contributed by atoms with Crippen LogP contribution in [0.5, 0.6) is 0 Å². The number of aliphatic hydroxyl groups is 1. The molecule has 10 heteroatoms. The van der Waals surface area contributed by atoms with Crippen LogP contribution in [0, 0.1) is 0 Å². The molecule has 0 aromatic rings. The van der Waals surface area contributed by atoms with Crippen LogP contribution >= 0.6 is 7.82 Å². The van der Waals surface area contributed by atoms with E-state index in [-0.39, 0.29) is 32.1 Å². The van der Waals surface area contributed by atoms with Gasteiger partial charge in [-0.15, -0.1) is 0 Å². The Morgan fingerprint density at radius 3 is 1.23 bits per heavy atom. The van der Waals surface area contributed by atoms with E-state index in [1.165, 1.54) is 205 Å². The Morgan fingerprint density at radius 1 is 0.492 bits per heavy atom. The Bertz CT molecular complexity index is 1010.